The minimum atomic E-state index is 0.666. The first-order valence-electron chi connectivity index (χ1n) is 7.53. The quantitative estimate of drug-likeness (QED) is 0.488. The molecule has 0 heterocycles. The third-order valence-corrected chi connectivity index (χ3v) is 4.06. The first-order valence-corrected chi connectivity index (χ1v) is 7.53. The van der Waals surface area contributed by atoms with Crippen LogP contribution in [0.1, 0.15) is 5.56 Å². The van der Waals surface area contributed by atoms with Crippen LogP contribution in [0.2, 0.25) is 0 Å². The van der Waals surface area contributed by atoms with Crippen LogP contribution in [0.15, 0.2) is 78.9 Å². The summed E-state index contributed by atoms with van der Waals surface area (Å²) in [6.45, 7) is 0. The molecule has 23 heavy (non-hydrogen) atoms. The number of benzene rings is 4. The lowest BCUT2D eigenvalue weighted by Gasteiger charge is -2.13. The normalized spacial score (nSPS) is 10.6. The maximum Gasteiger partial charge on any atom is 0.0991 e. The largest absolute Gasteiger partial charge is 0.355 e. The molecule has 1 N–H and O–H groups in total. The van der Waals surface area contributed by atoms with Crippen molar-refractivity contribution in [2.45, 2.75) is 0 Å². The number of anilines is 2. The fraction of sp³-hybridized carbons (Fsp3) is 0. The van der Waals surface area contributed by atoms with Crippen LogP contribution in [0.25, 0.3) is 21.5 Å². The lowest BCUT2D eigenvalue weighted by atomic mass is 10.00. The number of hydrogen-bond donors (Lipinski definition) is 1. The second-order valence-electron chi connectivity index (χ2n) is 5.51. The van der Waals surface area contributed by atoms with Crippen LogP contribution in [0.3, 0.4) is 0 Å². The topological polar surface area (TPSA) is 35.8 Å². The predicted molar refractivity (Wildman–Crippen MR) is 95.9 cm³/mol. The fourth-order valence-electron chi connectivity index (χ4n) is 2.94. The third-order valence-electron chi connectivity index (χ3n) is 4.06. The second kappa shape index (κ2) is 5.47. The van der Waals surface area contributed by atoms with Gasteiger partial charge in [-0.3, -0.25) is 0 Å². The second-order valence-corrected chi connectivity index (χ2v) is 5.51. The van der Waals surface area contributed by atoms with Crippen LogP contribution in [0, 0.1) is 11.3 Å². The van der Waals surface area contributed by atoms with E-state index in [2.05, 4.69) is 66.0 Å². The molecule has 4 aromatic rings. The van der Waals surface area contributed by atoms with Gasteiger partial charge in [-0.1, -0.05) is 48.5 Å². The smallest absolute Gasteiger partial charge is 0.0991 e. The van der Waals surface area contributed by atoms with Crippen LogP contribution >= 0.6 is 0 Å². The molecule has 0 radical (unpaired) electrons. The van der Waals surface area contributed by atoms with E-state index in [1.54, 1.807) is 0 Å². The van der Waals surface area contributed by atoms with E-state index in [9.17, 15) is 0 Å². The summed E-state index contributed by atoms with van der Waals surface area (Å²) in [6.07, 6.45) is 0. The molecule has 0 aliphatic carbocycles. The number of nitriles is 1. The molecule has 2 heteroatoms. The van der Waals surface area contributed by atoms with Gasteiger partial charge in [0.25, 0.3) is 0 Å². The van der Waals surface area contributed by atoms with Gasteiger partial charge in [0, 0.05) is 16.8 Å². The highest BCUT2D eigenvalue weighted by Gasteiger charge is 2.06. The van der Waals surface area contributed by atoms with E-state index in [0.29, 0.717) is 5.56 Å². The average Bonchev–Trinajstić information content (AvgIpc) is 2.62. The summed E-state index contributed by atoms with van der Waals surface area (Å²) in [6, 6.07) is 28.7. The molecule has 108 valence electrons. The Kier molecular flexibility index (Phi) is 3.18. The Labute approximate surface area is 134 Å². The molecule has 0 unspecified atom stereocenters. The van der Waals surface area contributed by atoms with Gasteiger partial charge in [0.05, 0.1) is 11.6 Å². The standard InChI is InChI=1S/C21H14N2/c22-14-15-9-11-17(12-10-15)23-21-13-16-5-1-2-6-18(16)19-7-3-4-8-20(19)21/h1-13,23H. The third kappa shape index (κ3) is 2.39. The summed E-state index contributed by atoms with van der Waals surface area (Å²) >= 11 is 0. The molecule has 4 aromatic carbocycles. The lowest BCUT2D eigenvalue weighted by molar-refractivity contribution is 1.48. The molecule has 0 bridgehead atoms. The summed E-state index contributed by atoms with van der Waals surface area (Å²) in [5.74, 6) is 0. The van der Waals surface area contributed by atoms with Crippen LogP contribution in [0.4, 0.5) is 11.4 Å². The van der Waals surface area contributed by atoms with Gasteiger partial charge in [0.1, 0.15) is 0 Å². The first-order chi connectivity index (χ1) is 11.3. The first kappa shape index (κ1) is 13.4. The molecular weight excluding hydrogens is 280 g/mol. The molecule has 0 aliphatic rings. The van der Waals surface area contributed by atoms with Crippen molar-refractivity contribution in [1.29, 1.82) is 5.26 Å². The summed E-state index contributed by atoms with van der Waals surface area (Å²) in [7, 11) is 0. The fourth-order valence-corrected chi connectivity index (χ4v) is 2.94. The summed E-state index contributed by atoms with van der Waals surface area (Å²) in [5.41, 5.74) is 2.72. The molecule has 0 fully saturated rings. The zero-order chi connectivity index (χ0) is 15.6. The van der Waals surface area contributed by atoms with Crippen LogP contribution < -0.4 is 5.32 Å². The van der Waals surface area contributed by atoms with Crippen molar-refractivity contribution in [2.75, 3.05) is 5.32 Å². The van der Waals surface area contributed by atoms with Crippen molar-refractivity contribution in [2.24, 2.45) is 0 Å². The zero-order valence-electron chi connectivity index (χ0n) is 12.5. The Hall–Kier alpha value is -3.31. The van der Waals surface area contributed by atoms with Gasteiger partial charge in [-0.25, -0.2) is 0 Å². The maximum atomic E-state index is 8.91. The number of fused-ring (bicyclic) bond motifs is 3. The van der Waals surface area contributed by atoms with Crippen molar-refractivity contribution in [3.63, 3.8) is 0 Å². The molecular formula is C21H14N2. The van der Waals surface area contributed by atoms with E-state index in [1.807, 2.05) is 24.3 Å². The Morgan fingerprint density at radius 2 is 1.35 bits per heavy atom. The van der Waals surface area contributed by atoms with E-state index in [0.717, 1.165) is 11.4 Å². The molecule has 0 spiro atoms. The monoisotopic (exact) mass is 294 g/mol. The summed E-state index contributed by atoms with van der Waals surface area (Å²) < 4.78 is 0. The van der Waals surface area contributed by atoms with E-state index in [-0.39, 0.29) is 0 Å². The van der Waals surface area contributed by atoms with Crippen LogP contribution in [-0.2, 0) is 0 Å². The van der Waals surface area contributed by atoms with Gasteiger partial charge in [-0.15, -0.1) is 0 Å². The Morgan fingerprint density at radius 3 is 2.09 bits per heavy atom. The van der Waals surface area contributed by atoms with Gasteiger partial charge in [0.2, 0.25) is 0 Å². The minimum absolute atomic E-state index is 0.666. The van der Waals surface area contributed by atoms with Gasteiger partial charge in [-0.05, 0) is 46.5 Å². The predicted octanol–water partition coefficient (Wildman–Crippen LogP) is 5.61. The van der Waals surface area contributed by atoms with Crippen molar-refractivity contribution >= 4 is 32.9 Å². The molecule has 0 amide bonds. The van der Waals surface area contributed by atoms with E-state index in [1.165, 1.54) is 21.5 Å². The maximum absolute atomic E-state index is 8.91. The minimum Gasteiger partial charge on any atom is -0.355 e. The SMILES string of the molecule is N#Cc1ccc(Nc2cc3ccccc3c3ccccc23)cc1. The molecule has 0 aliphatic heterocycles. The molecule has 4 rings (SSSR count). The van der Waals surface area contributed by atoms with Crippen LogP contribution in [-0.4, -0.2) is 0 Å². The zero-order valence-corrected chi connectivity index (χ0v) is 12.5. The van der Waals surface area contributed by atoms with E-state index >= 15 is 0 Å². The van der Waals surface area contributed by atoms with Gasteiger partial charge in [0.15, 0.2) is 0 Å². The van der Waals surface area contributed by atoms with Crippen molar-refractivity contribution in [3.05, 3.63) is 84.4 Å². The molecule has 2 nitrogen and oxygen atoms in total. The summed E-state index contributed by atoms with van der Waals surface area (Å²) in [5, 5.41) is 17.3. The Balaban J connectivity index is 1.89. The molecule has 0 saturated heterocycles. The number of hydrogen-bond acceptors (Lipinski definition) is 2. The number of nitrogens with zero attached hydrogens (tertiary/aromatic N) is 1. The van der Waals surface area contributed by atoms with Crippen molar-refractivity contribution in [1.82, 2.24) is 0 Å². The van der Waals surface area contributed by atoms with Gasteiger partial charge >= 0.3 is 0 Å². The van der Waals surface area contributed by atoms with Crippen molar-refractivity contribution < 1.29 is 0 Å². The lowest BCUT2D eigenvalue weighted by Crippen LogP contribution is -1.92. The van der Waals surface area contributed by atoms with Crippen molar-refractivity contribution in [3.8, 4) is 6.07 Å². The molecule has 0 atom stereocenters. The molecule has 0 saturated carbocycles. The molecule has 0 aromatic heterocycles. The van der Waals surface area contributed by atoms with E-state index < -0.39 is 0 Å². The highest BCUT2D eigenvalue weighted by Crippen LogP contribution is 2.33. The Morgan fingerprint density at radius 1 is 0.696 bits per heavy atom. The Bertz CT molecular complexity index is 1040. The number of nitrogens with one attached hydrogen (secondary N) is 1. The van der Waals surface area contributed by atoms with E-state index in [4.69, 9.17) is 5.26 Å². The average molecular weight is 294 g/mol. The summed E-state index contributed by atoms with van der Waals surface area (Å²) in [4.78, 5) is 0. The highest BCUT2D eigenvalue weighted by molar-refractivity contribution is 6.13. The van der Waals surface area contributed by atoms with Gasteiger partial charge < -0.3 is 5.32 Å². The highest BCUT2D eigenvalue weighted by atomic mass is 14.9. The number of rotatable bonds is 2. The van der Waals surface area contributed by atoms with Crippen LogP contribution in [0.5, 0.6) is 0 Å². The van der Waals surface area contributed by atoms with Gasteiger partial charge in [-0.2, -0.15) is 5.26 Å².